The van der Waals surface area contributed by atoms with Crippen LogP contribution in [0.25, 0.3) is 0 Å². The van der Waals surface area contributed by atoms with E-state index in [0.29, 0.717) is 5.69 Å². The minimum absolute atomic E-state index is 0.0507. The fourth-order valence-corrected chi connectivity index (χ4v) is 1.21. The van der Waals surface area contributed by atoms with Crippen molar-refractivity contribution >= 4 is 17.8 Å². The highest BCUT2D eigenvalue weighted by Gasteiger charge is 2.05. The van der Waals surface area contributed by atoms with E-state index in [1.54, 1.807) is 6.92 Å². The molecule has 0 unspecified atom stereocenters. The number of hydrogen-bond acceptors (Lipinski definition) is 5. The Labute approximate surface area is 102 Å². The zero-order valence-electron chi connectivity index (χ0n) is 9.82. The molecule has 1 heterocycles. The number of aliphatic carboxylic acids is 1. The number of hydrogen-bond donors (Lipinski definition) is 4. The summed E-state index contributed by atoms with van der Waals surface area (Å²) in [5, 5.41) is 13.4. The first-order chi connectivity index (χ1) is 8.47. The maximum Gasteiger partial charge on any atom is 0.304 e. The molecule has 0 spiro atoms. The molecule has 1 aromatic rings. The predicted molar refractivity (Wildman–Crippen MR) is 63.3 cm³/mol. The standard InChI is InChI=1S/C10H14N4O4/c1-6-4-7(15)13-10(12-6)14-8(16)5-11-3-2-9(17)18/h4,11H,2-3,5H2,1H3,(H,17,18)(H2,12,13,14,15,16). The van der Waals surface area contributed by atoms with E-state index >= 15 is 0 Å². The minimum Gasteiger partial charge on any atom is -0.481 e. The Morgan fingerprint density at radius 2 is 2.22 bits per heavy atom. The Bertz CT molecular complexity index is 497. The van der Waals surface area contributed by atoms with Gasteiger partial charge in [0, 0.05) is 18.3 Å². The number of H-pyrrole nitrogens is 1. The van der Waals surface area contributed by atoms with Crippen molar-refractivity contribution in [3.05, 3.63) is 22.1 Å². The first-order valence-corrected chi connectivity index (χ1v) is 5.27. The number of rotatable bonds is 6. The average Bonchev–Trinajstić information content (AvgIpc) is 2.22. The van der Waals surface area contributed by atoms with Gasteiger partial charge in [-0.15, -0.1) is 0 Å². The Hall–Kier alpha value is -2.22. The van der Waals surface area contributed by atoms with Crippen LogP contribution in [0.3, 0.4) is 0 Å². The van der Waals surface area contributed by atoms with E-state index in [4.69, 9.17) is 5.11 Å². The molecule has 8 nitrogen and oxygen atoms in total. The normalized spacial score (nSPS) is 10.1. The van der Waals surface area contributed by atoms with Crippen LogP contribution >= 0.6 is 0 Å². The molecular weight excluding hydrogens is 240 g/mol. The van der Waals surface area contributed by atoms with Crippen molar-refractivity contribution in [2.75, 3.05) is 18.4 Å². The summed E-state index contributed by atoms with van der Waals surface area (Å²) >= 11 is 0. The summed E-state index contributed by atoms with van der Waals surface area (Å²) in [7, 11) is 0. The highest BCUT2D eigenvalue weighted by Crippen LogP contribution is 1.94. The third-order valence-corrected chi connectivity index (χ3v) is 1.94. The molecule has 18 heavy (non-hydrogen) atoms. The van der Waals surface area contributed by atoms with E-state index in [9.17, 15) is 14.4 Å². The lowest BCUT2D eigenvalue weighted by molar-refractivity contribution is -0.137. The van der Waals surface area contributed by atoms with Crippen molar-refractivity contribution in [1.29, 1.82) is 0 Å². The summed E-state index contributed by atoms with van der Waals surface area (Å²) in [4.78, 5) is 39.0. The van der Waals surface area contributed by atoms with Crippen LogP contribution in [0.2, 0.25) is 0 Å². The Balaban J connectivity index is 2.40. The number of nitrogens with one attached hydrogen (secondary N) is 3. The minimum atomic E-state index is -0.937. The lowest BCUT2D eigenvalue weighted by atomic mass is 10.4. The molecule has 0 fully saturated rings. The van der Waals surface area contributed by atoms with E-state index < -0.39 is 17.4 Å². The van der Waals surface area contributed by atoms with Crippen molar-refractivity contribution in [2.24, 2.45) is 0 Å². The SMILES string of the molecule is Cc1cc(=O)nc(NC(=O)CNCCC(=O)O)[nH]1. The molecule has 0 aromatic carbocycles. The number of anilines is 1. The van der Waals surface area contributed by atoms with Gasteiger partial charge >= 0.3 is 5.97 Å². The summed E-state index contributed by atoms with van der Waals surface area (Å²) in [6.45, 7) is 1.81. The lowest BCUT2D eigenvalue weighted by Crippen LogP contribution is -2.30. The maximum atomic E-state index is 11.4. The van der Waals surface area contributed by atoms with Crippen molar-refractivity contribution in [3.8, 4) is 0 Å². The number of aromatic amines is 1. The van der Waals surface area contributed by atoms with E-state index in [-0.39, 0.29) is 25.5 Å². The van der Waals surface area contributed by atoms with Crippen LogP contribution in [0.1, 0.15) is 12.1 Å². The zero-order valence-corrected chi connectivity index (χ0v) is 9.82. The molecule has 0 aliphatic heterocycles. The van der Waals surface area contributed by atoms with Crippen LogP contribution in [-0.2, 0) is 9.59 Å². The van der Waals surface area contributed by atoms with E-state index in [2.05, 4.69) is 20.6 Å². The topological polar surface area (TPSA) is 124 Å². The van der Waals surface area contributed by atoms with Gasteiger partial charge in [-0.05, 0) is 6.92 Å². The molecule has 4 N–H and O–H groups in total. The molecule has 8 heteroatoms. The highest BCUT2D eigenvalue weighted by molar-refractivity contribution is 5.90. The van der Waals surface area contributed by atoms with Gasteiger partial charge in [0.1, 0.15) is 0 Å². The number of aryl methyl sites for hydroxylation is 1. The van der Waals surface area contributed by atoms with Gasteiger partial charge in [-0.3, -0.25) is 19.7 Å². The third kappa shape index (κ3) is 5.21. The molecule has 0 saturated heterocycles. The zero-order chi connectivity index (χ0) is 13.5. The van der Waals surface area contributed by atoms with Gasteiger partial charge in [-0.25, -0.2) is 0 Å². The second kappa shape index (κ2) is 6.50. The van der Waals surface area contributed by atoms with E-state index in [1.165, 1.54) is 6.07 Å². The van der Waals surface area contributed by atoms with Crippen LogP contribution in [-0.4, -0.2) is 40.0 Å². The first kappa shape index (κ1) is 13.8. The summed E-state index contributed by atoms with van der Waals surface area (Å²) in [6.07, 6.45) is -0.0627. The number of carboxylic acid groups (broad SMARTS) is 1. The van der Waals surface area contributed by atoms with Crippen molar-refractivity contribution in [2.45, 2.75) is 13.3 Å². The monoisotopic (exact) mass is 254 g/mol. The molecule has 0 aliphatic rings. The number of amides is 1. The molecule has 0 atom stereocenters. The number of carbonyl (C=O) groups is 2. The summed E-state index contributed by atoms with van der Waals surface area (Å²) < 4.78 is 0. The van der Waals surface area contributed by atoms with Gasteiger partial charge in [0.05, 0.1) is 13.0 Å². The van der Waals surface area contributed by atoms with Crippen LogP contribution in [0, 0.1) is 6.92 Å². The number of nitrogens with zero attached hydrogens (tertiary/aromatic N) is 1. The Kier molecular flexibility index (Phi) is 5.00. The smallest absolute Gasteiger partial charge is 0.304 e. The van der Waals surface area contributed by atoms with Crippen molar-refractivity contribution < 1.29 is 14.7 Å². The molecule has 1 amide bonds. The van der Waals surface area contributed by atoms with Gasteiger partial charge in [-0.1, -0.05) is 0 Å². The van der Waals surface area contributed by atoms with Crippen molar-refractivity contribution in [1.82, 2.24) is 15.3 Å². The second-order valence-electron chi connectivity index (χ2n) is 3.62. The molecule has 0 bridgehead atoms. The van der Waals surface area contributed by atoms with Crippen LogP contribution in [0.5, 0.6) is 0 Å². The molecule has 98 valence electrons. The lowest BCUT2D eigenvalue weighted by Gasteiger charge is -2.05. The third-order valence-electron chi connectivity index (χ3n) is 1.94. The van der Waals surface area contributed by atoms with E-state index in [0.717, 1.165) is 0 Å². The molecule has 0 radical (unpaired) electrons. The number of carbonyl (C=O) groups excluding carboxylic acids is 1. The molecule has 1 rings (SSSR count). The molecule has 0 aliphatic carbocycles. The van der Waals surface area contributed by atoms with Gasteiger partial charge < -0.3 is 15.4 Å². The van der Waals surface area contributed by atoms with Crippen LogP contribution in [0.4, 0.5) is 5.95 Å². The average molecular weight is 254 g/mol. The first-order valence-electron chi connectivity index (χ1n) is 5.27. The van der Waals surface area contributed by atoms with Gasteiger partial charge in [0.2, 0.25) is 11.9 Å². The summed E-state index contributed by atoms with van der Waals surface area (Å²) in [6, 6.07) is 1.31. The fraction of sp³-hybridized carbons (Fsp3) is 0.400. The highest BCUT2D eigenvalue weighted by atomic mass is 16.4. The quantitative estimate of drug-likeness (QED) is 0.487. The Morgan fingerprint density at radius 1 is 1.50 bits per heavy atom. The predicted octanol–water partition coefficient (Wildman–Crippen LogP) is -0.919. The van der Waals surface area contributed by atoms with Gasteiger partial charge in [0.15, 0.2) is 0 Å². The number of carboxylic acids is 1. The molecule has 0 saturated carbocycles. The van der Waals surface area contributed by atoms with E-state index in [1.807, 2.05) is 0 Å². The molecule has 1 aromatic heterocycles. The fourth-order valence-electron chi connectivity index (χ4n) is 1.21. The van der Waals surface area contributed by atoms with Crippen LogP contribution in [0.15, 0.2) is 10.9 Å². The van der Waals surface area contributed by atoms with Gasteiger partial charge in [-0.2, -0.15) is 4.98 Å². The maximum absolute atomic E-state index is 11.4. The number of aromatic nitrogens is 2. The van der Waals surface area contributed by atoms with Crippen molar-refractivity contribution in [3.63, 3.8) is 0 Å². The molecular formula is C10H14N4O4. The van der Waals surface area contributed by atoms with Gasteiger partial charge in [0.25, 0.3) is 5.56 Å². The summed E-state index contributed by atoms with van der Waals surface area (Å²) in [5.41, 5.74) is 0.143. The summed E-state index contributed by atoms with van der Waals surface area (Å²) in [5.74, 6) is -1.27. The van der Waals surface area contributed by atoms with Crippen LogP contribution < -0.4 is 16.2 Å². The largest absolute Gasteiger partial charge is 0.481 e. The second-order valence-corrected chi connectivity index (χ2v) is 3.62. The Morgan fingerprint density at radius 3 is 2.83 bits per heavy atom.